The average Bonchev–Trinajstić information content (AvgIpc) is 3.30. The first-order chi connectivity index (χ1) is 16.8. The first kappa shape index (κ1) is 22.5. The molecular weight excluding hydrogens is 459 g/mol. The van der Waals surface area contributed by atoms with Crippen LogP contribution in [-0.2, 0) is 23.9 Å². The van der Waals surface area contributed by atoms with Crippen LogP contribution in [0.4, 0.5) is 24.7 Å². The Morgan fingerprint density at radius 1 is 1.06 bits per heavy atom. The van der Waals surface area contributed by atoms with E-state index in [-0.39, 0.29) is 5.65 Å². The van der Waals surface area contributed by atoms with Crippen LogP contribution >= 0.6 is 0 Å². The summed E-state index contributed by atoms with van der Waals surface area (Å²) < 4.78 is 47.2. The maximum absolute atomic E-state index is 13.5. The van der Waals surface area contributed by atoms with E-state index in [1.54, 1.807) is 6.92 Å². The standard InChI is InChI=1S/C24H28F3N7O/c1-14-15(2)22(31-34-21(14)29-30-23(34)24(25,26)27)33-7-5-19-17(13-33)10-18(11-28-19)32-8-6-20-16(12-32)4-3-9-35-20/h10-11,16,20H,3-9,12-13H2,1-2H3. The van der Waals surface area contributed by atoms with Crippen molar-refractivity contribution in [2.75, 3.05) is 36.0 Å². The van der Waals surface area contributed by atoms with Crippen LogP contribution in [0.5, 0.6) is 0 Å². The second kappa shape index (κ2) is 8.32. The summed E-state index contributed by atoms with van der Waals surface area (Å²) >= 11 is 0. The lowest BCUT2D eigenvalue weighted by Gasteiger charge is -2.42. The largest absolute Gasteiger partial charge is 0.453 e. The molecule has 3 aromatic rings. The van der Waals surface area contributed by atoms with Crippen molar-refractivity contribution in [3.63, 3.8) is 0 Å². The minimum Gasteiger partial charge on any atom is -0.378 e. The summed E-state index contributed by atoms with van der Waals surface area (Å²) in [6, 6.07) is 2.19. The number of hydrogen-bond acceptors (Lipinski definition) is 7. The van der Waals surface area contributed by atoms with Crippen LogP contribution in [0.25, 0.3) is 5.65 Å². The van der Waals surface area contributed by atoms with Gasteiger partial charge in [0, 0.05) is 61.9 Å². The van der Waals surface area contributed by atoms with Crippen LogP contribution in [0.15, 0.2) is 12.3 Å². The van der Waals surface area contributed by atoms with Crippen LogP contribution in [0.2, 0.25) is 0 Å². The molecule has 2 unspecified atom stereocenters. The van der Waals surface area contributed by atoms with Crippen LogP contribution in [0, 0.1) is 19.8 Å². The summed E-state index contributed by atoms with van der Waals surface area (Å²) in [7, 11) is 0. The molecule has 6 rings (SSSR count). The van der Waals surface area contributed by atoms with Crippen molar-refractivity contribution in [3.8, 4) is 0 Å². The van der Waals surface area contributed by atoms with Gasteiger partial charge in [0.05, 0.1) is 18.0 Å². The highest BCUT2D eigenvalue weighted by atomic mass is 19.4. The molecule has 0 radical (unpaired) electrons. The third-order valence-electron chi connectivity index (χ3n) is 7.73. The maximum Gasteiger partial charge on any atom is 0.453 e. The van der Waals surface area contributed by atoms with Crippen molar-refractivity contribution in [3.05, 3.63) is 40.5 Å². The number of fused-ring (bicyclic) bond motifs is 3. The van der Waals surface area contributed by atoms with Gasteiger partial charge in [0.25, 0.3) is 5.82 Å². The van der Waals surface area contributed by atoms with Gasteiger partial charge in [-0.15, -0.1) is 15.3 Å². The van der Waals surface area contributed by atoms with E-state index in [9.17, 15) is 13.2 Å². The SMILES string of the molecule is Cc1c(N2CCc3ncc(N4CCC5OCCCC5C4)cc3C2)nn2c(C(F)(F)F)nnc2c1C. The molecule has 0 aromatic carbocycles. The molecule has 0 bridgehead atoms. The quantitative estimate of drug-likeness (QED) is 0.546. The van der Waals surface area contributed by atoms with Crippen molar-refractivity contribution in [2.45, 2.75) is 58.4 Å². The number of halogens is 3. The van der Waals surface area contributed by atoms with Gasteiger partial charge >= 0.3 is 6.18 Å². The topological polar surface area (TPSA) is 71.7 Å². The molecular formula is C24H28F3N7O. The van der Waals surface area contributed by atoms with Gasteiger partial charge in [-0.1, -0.05) is 0 Å². The van der Waals surface area contributed by atoms with Gasteiger partial charge in [0.1, 0.15) is 0 Å². The number of aryl methyl sites for hydroxylation is 1. The van der Waals surface area contributed by atoms with E-state index in [0.717, 1.165) is 59.6 Å². The molecule has 3 aliphatic rings. The predicted octanol–water partition coefficient (Wildman–Crippen LogP) is 3.72. The highest BCUT2D eigenvalue weighted by Gasteiger charge is 2.39. The van der Waals surface area contributed by atoms with E-state index in [1.807, 2.05) is 18.0 Å². The van der Waals surface area contributed by atoms with Gasteiger partial charge in [-0.2, -0.15) is 17.7 Å². The van der Waals surface area contributed by atoms with Crippen LogP contribution in [0.1, 0.15) is 47.5 Å². The molecule has 8 nitrogen and oxygen atoms in total. The third-order valence-corrected chi connectivity index (χ3v) is 7.73. The summed E-state index contributed by atoms with van der Waals surface area (Å²) in [5, 5.41) is 11.5. The molecule has 186 valence electrons. The summed E-state index contributed by atoms with van der Waals surface area (Å²) in [5.41, 5.74) is 4.82. The fraction of sp³-hybridized carbons (Fsp3) is 0.583. The lowest BCUT2D eigenvalue weighted by Crippen LogP contribution is -2.46. The van der Waals surface area contributed by atoms with Gasteiger partial charge in [0.2, 0.25) is 0 Å². The minimum atomic E-state index is -4.63. The molecule has 0 spiro atoms. The zero-order chi connectivity index (χ0) is 24.3. The number of ether oxygens (including phenoxy) is 1. The highest BCUT2D eigenvalue weighted by molar-refractivity contribution is 5.60. The van der Waals surface area contributed by atoms with Crippen molar-refractivity contribution in [1.29, 1.82) is 0 Å². The van der Waals surface area contributed by atoms with Crippen LogP contribution in [-0.4, -0.2) is 57.1 Å². The number of nitrogens with zero attached hydrogens (tertiary/aromatic N) is 7. The number of anilines is 2. The Morgan fingerprint density at radius 3 is 2.74 bits per heavy atom. The zero-order valence-corrected chi connectivity index (χ0v) is 19.8. The number of pyridine rings is 1. The Kier molecular flexibility index (Phi) is 5.35. The Hall–Kier alpha value is -2.95. The first-order valence-electron chi connectivity index (χ1n) is 12.2. The maximum atomic E-state index is 13.5. The number of aromatic nitrogens is 5. The van der Waals surface area contributed by atoms with Crippen molar-refractivity contribution in [2.24, 2.45) is 5.92 Å². The van der Waals surface area contributed by atoms with Crippen LogP contribution < -0.4 is 9.80 Å². The lowest BCUT2D eigenvalue weighted by atomic mass is 9.88. The summed E-state index contributed by atoms with van der Waals surface area (Å²) in [4.78, 5) is 9.20. The molecule has 3 aromatic heterocycles. The van der Waals surface area contributed by atoms with E-state index in [4.69, 9.17) is 9.72 Å². The molecule has 2 saturated heterocycles. The smallest absolute Gasteiger partial charge is 0.378 e. The number of hydrogen-bond donors (Lipinski definition) is 0. The second-order valence-electron chi connectivity index (χ2n) is 9.85. The molecule has 0 N–H and O–H groups in total. The first-order valence-corrected chi connectivity index (χ1v) is 12.2. The molecule has 0 amide bonds. The molecule has 6 heterocycles. The van der Waals surface area contributed by atoms with Gasteiger partial charge in [-0.25, -0.2) is 0 Å². The Labute approximate surface area is 201 Å². The predicted molar refractivity (Wildman–Crippen MR) is 124 cm³/mol. The van der Waals surface area contributed by atoms with Crippen LogP contribution in [0.3, 0.4) is 0 Å². The van der Waals surface area contributed by atoms with Gasteiger partial charge < -0.3 is 14.5 Å². The average molecular weight is 488 g/mol. The molecule has 0 aliphatic carbocycles. The fourth-order valence-corrected chi connectivity index (χ4v) is 5.68. The molecule has 11 heteroatoms. The Morgan fingerprint density at radius 2 is 1.91 bits per heavy atom. The summed E-state index contributed by atoms with van der Waals surface area (Å²) in [5.74, 6) is -0.0250. The van der Waals surface area contributed by atoms with Crippen molar-refractivity contribution >= 4 is 17.2 Å². The highest BCUT2D eigenvalue weighted by Crippen LogP contribution is 2.34. The molecule has 2 atom stereocenters. The molecule has 0 saturated carbocycles. The zero-order valence-electron chi connectivity index (χ0n) is 19.8. The van der Waals surface area contributed by atoms with E-state index in [2.05, 4.69) is 26.3 Å². The van der Waals surface area contributed by atoms with Crippen molar-refractivity contribution in [1.82, 2.24) is 24.8 Å². The third kappa shape index (κ3) is 3.89. The Bertz CT molecular complexity index is 1270. The fourth-order valence-electron chi connectivity index (χ4n) is 5.68. The Balaban J connectivity index is 1.30. The van der Waals surface area contributed by atoms with Gasteiger partial charge in [-0.05, 0) is 44.7 Å². The summed E-state index contributed by atoms with van der Waals surface area (Å²) in [6.07, 6.45) is 1.75. The van der Waals surface area contributed by atoms with E-state index in [0.29, 0.717) is 42.9 Å². The van der Waals surface area contributed by atoms with E-state index >= 15 is 0 Å². The molecule has 3 aliphatic heterocycles. The minimum absolute atomic E-state index is 0.134. The monoisotopic (exact) mass is 487 g/mol. The second-order valence-corrected chi connectivity index (χ2v) is 9.85. The number of alkyl halides is 3. The van der Waals surface area contributed by atoms with Gasteiger partial charge in [-0.3, -0.25) is 4.98 Å². The molecule has 35 heavy (non-hydrogen) atoms. The number of rotatable bonds is 2. The van der Waals surface area contributed by atoms with Crippen molar-refractivity contribution < 1.29 is 17.9 Å². The summed E-state index contributed by atoms with van der Waals surface area (Å²) in [6.45, 7) is 7.60. The lowest BCUT2D eigenvalue weighted by molar-refractivity contribution is -0.146. The van der Waals surface area contributed by atoms with E-state index in [1.165, 1.54) is 6.42 Å². The van der Waals surface area contributed by atoms with Gasteiger partial charge in [0.15, 0.2) is 11.5 Å². The molecule has 2 fully saturated rings. The van der Waals surface area contributed by atoms with E-state index < -0.39 is 12.0 Å². The normalized spacial score (nSPS) is 22.9. The number of piperidine rings is 1.